The van der Waals surface area contributed by atoms with Crippen LogP contribution in [0.5, 0.6) is 0 Å². The Balaban J connectivity index is 1.36. The summed E-state index contributed by atoms with van der Waals surface area (Å²) in [6, 6.07) is 5.96. The highest BCUT2D eigenvalue weighted by molar-refractivity contribution is 7.12. The fraction of sp³-hybridized carbons (Fsp3) is 0.500. The lowest BCUT2D eigenvalue weighted by Crippen LogP contribution is -2.52. The summed E-state index contributed by atoms with van der Waals surface area (Å²) in [5.41, 5.74) is -0.128. The van der Waals surface area contributed by atoms with Gasteiger partial charge in [-0.2, -0.15) is 0 Å². The van der Waals surface area contributed by atoms with Gasteiger partial charge in [0.1, 0.15) is 0 Å². The number of aromatic nitrogens is 2. The number of nitrogens with one attached hydrogen (secondary N) is 1. The van der Waals surface area contributed by atoms with Crippen LogP contribution in [0.15, 0.2) is 36.0 Å². The van der Waals surface area contributed by atoms with Crippen molar-refractivity contribution >= 4 is 23.2 Å². The monoisotopic (exact) mass is 358 g/mol. The predicted molar refractivity (Wildman–Crippen MR) is 96.8 cm³/mol. The average molecular weight is 358 g/mol. The van der Waals surface area contributed by atoms with E-state index in [0.29, 0.717) is 12.0 Å². The minimum atomic E-state index is -0.128. The fourth-order valence-electron chi connectivity index (χ4n) is 3.73. The fourth-order valence-corrected chi connectivity index (χ4v) is 4.42. The molecule has 2 aliphatic heterocycles. The third-order valence-corrected chi connectivity index (χ3v) is 5.94. The van der Waals surface area contributed by atoms with Gasteiger partial charge in [0, 0.05) is 38.1 Å². The molecule has 0 saturated carbocycles. The highest BCUT2D eigenvalue weighted by atomic mass is 32.1. The van der Waals surface area contributed by atoms with Crippen LogP contribution in [-0.4, -0.2) is 52.1 Å². The van der Waals surface area contributed by atoms with Crippen molar-refractivity contribution in [2.24, 2.45) is 0 Å². The molecule has 0 radical (unpaired) electrons. The second-order valence-electron chi connectivity index (χ2n) is 6.71. The van der Waals surface area contributed by atoms with Crippen LogP contribution in [0.1, 0.15) is 35.4 Å². The number of ether oxygens (including phenoxy) is 1. The topological polar surface area (TPSA) is 67.4 Å². The summed E-state index contributed by atoms with van der Waals surface area (Å²) in [7, 11) is 0. The highest BCUT2D eigenvalue weighted by Crippen LogP contribution is 2.36. The lowest BCUT2D eigenvalue weighted by molar-refractivity contribution is -0.110. The first-order chi connectivity index (χ1) is 12.2. The molecule has 7 heteroatoms. The Kier molecular flexibility index (Phi) is 4.67. The molecule has 132 valence electrons. The summed E-state index contributed by atoms with van der Waals surface area (Å²) < 4.78 is 6.18. The molecule has 0 aliphatic carbocycles. The summed E-state index contributed by atoms with van der Waals surface area (Å²) >= 11 is 1.51. The molecule has 2 saturated heterocycles. The van der Waals surface area contributed by atoms with E-state index in [1.807, 2.05) is 28.5 Å². The van der Waals surface area contributed by atoms with Crippen LogP contribution in [0.3, 0.4) is 0 Å². The van der Waals surface area contributed by atoms with Gasteiger partial charge in [-0.25, -0.2) is 9.97 Å². The van der Waals surface area contributed by atoms with E-state index in [2.05, 4.69) is 15.3 Å². The number of amides is 1. The molecule has 2 aromatic heterocycles. The molecule has 1 amide bonds. The van der Waals surface area contributed by atoms with Crippen LogP contribution in [0, 0.1) is 0 Å². The summed E-state index contributed by atoms with van der Waals surface area (Å²) in [6.07, 6.45) is 7.16. The zero-order valence-corrected chi connectivity index (χ0v) is 14.9. The SMILES string of the molecule is O=C(c1cccs1)N1CCC2(CC1)CC(Nc1ncccn1)CCO2. The first kappa shape index (κ1) is 16.5. The third-order valence-electron chi connectivity index (χ3n) is 5.09. The van der Waals surface area contributed by atoms with Crippen LogP contribution in [0.25, 0.3) is 0 Å². The van der Waals surface area contributed by atoms with Gasteiger partial charge < -0.3 is 15.0 Å². The van der Waals surface area contributed by atoms with Crippen molar-refractivity contribution in [2.75, 3.05) is 25.0 Å². The van der Waals surface area contributed by atoms with Crippen molar-refractivity contribution in [1.82, 2.24) is 14.9 Å². The summed E-state index contributed by atoms with van der Waals surface area (Å²) in [5, 5.41) is 5.38. The molecule has 2 aromatic rings. The molecule has 1 N–H and O–H groups in total. The third kappa shape index (κ3) is 3.67. The second kappa shape index (κ2) is 7.09. The first-order valence-corrected chi connectivity index (χ1v) is 9.62. The molecule has 1 spiro atoms. The van der Waals surface area contributed by atoms with Gasteiger partial charge in [0.05, 0.1) is 10.5 Å². The number of carbonyl (C=O) groups is 1. The van der Waals surface area contributed by atoms with Crippen molar-refractivity contribution in [1.29, 1.82) is 0 Å². The number of hydrogen-bond donors (Lipinski definition) is 1. The Morgan fingerprint density at radius 1 is 1.28 bits per heavy atom. The molecule has 4 heterocycles. The molecular weight excluding hydrogens is 336 g/mol. The Hall–Kier alpha value is -1.99. The van der Waals surface area contributed by atoms with E-state index in [9.17, 15) is 4.79 Å². The molecule has 1 atom stereocenters. The number of rotatable bonds is 3. The minimum Gasteiger partial charge on any atom is -0.375 e. The molecule has 6 nitrogen and oxygen atoms in total. The first-order valence-electron chi connectivity index (χ1n) is 8.74. The number of likely N-dealkylation sites (tertiary alicyclic amines) is 1. The van der Waals surface area contributed by atoms with Crippen LogP contribution < -0.4 is 5.32 Å². The summed E-state index contributed by atoms with van der Waals surface area (Å²) in [5.74, 6) is 0.822. The largest absolute Gasteiger partial charge is 0.375 e. The van der Waals surface area contributed by atoms with Crippen LogP contribution in [0.2, 0.25) is 0 Å². The molecule has 2 aliphatic rings. The van der Waals surface area contributed by atoms with E-state index in [1.54, 1.807) is 12.4 Å². The van der Waals surface area contributed by atoms with Crippen molar-refractivity contribution < 1.29 is 9.53 Å². The van der Waals surface area contributed by atoms with E-state index >= 15 is 0 Å². The Morgan fingerprint density at radius 3 is 2.80 bits per heavy atom. The number of carbonyl (C=O) groups excluding carboxylic acids is 1. The van der Waals surface area contributed by atoms with E-state index in [1.165, 1.54) is 11.3 Å². The summed E-state index contributed by atoms with van der Waals surface area (Å²) in [6.45, 7) is 2.25. The van der Waals surface area contributed by atoms with Crippen molar-refractivity contribution in [3.63, 3.8) is 0 Å². The maximum Gasteiger partial charge on any atom is 0.263 e. The van der Waals surface area contributed by atoms with Crippen molar-refractivity contribution in [2.45, 2.75) is 37.3 Å². The van der Waals surface area contributed by atoms with Gasteiger partial charge in [-0.1, -0.05) is 6.07 Å². The Labute approximate surface area is 151 Å². The van der Waals surface area contributed by atoms with Gasteiger partial charge in [0.2, 0.25) is 5.95 Å². The lowest BCUT2D eigenvalue weighted by Gasteiger charge is -2.46. The zero-order valence-electron chi connectivity index (χ0n) is 14.1. The second-order valence-corrected chi connectivity index (χ2v) is 7.66. The number of anilines is 1. The van der Waals surface area contributed by atoms with Crippen LogP contribution in [-0.2, 0) is 4.74 Å². The molecular formula is C18H22N4O2S. The lowest BCUT2D eigenvalue weighted by atomic mass is 9.82. The molecule has 25 heavy (non-hydrogen) atoms. The maximum atomic E-state index is 12.5. The van der Waals surface area contributed by atoms with E-state index in [-0.39, 0.29) is 11.5 Å². The molecule has 4 rings (SSSR count). The molecule has 1 unspecified atom stereocenters. The summed E-state index contributed by atoms with van der Waals surface area (Å²) in [4.78, 5) is 23.8. The van der Waals surface area contributed by atoms with Gasteiger partial charge in [-0.05, 0) is 43.2 Å². The van der Waals surface area contributed by atoms with E-state index in [4.69, 9.17) is 4.74 Å². The standard InChI is InChI=1S/C18H22N4O2S/c23-16(15-3-1-12-25-15)22-9-5-18(6-10-22)13-14(4-11-24-18)21-17-19-7-2-8-20-17/h1-3,7-8,12,14H,4-6,9-11,13H2,(H,19,20,21). The number of nitrogens with zero attached hydrogens (tertiary/aromatic N) is 3. The predicted octanol–water partition coefficient (Wildman–Crippen LogP) is 2.80. The molecule has 0 aromatic carbocycles. The average Bonchev–Trinajstić information content (AvgIpc) is 3.18. The van der Waals surface area contributed by atoms with Gasteiger partial charge >= 0.3 is 0 Å². The Bertz CT molecular complexity index is 699. The van der Waals surface area contributed by atoms with E-state index < -0.39 is 0 Å². The smallest absolute Gasteiger partial charge is 0.263 e. The number of hydrogen-bond acceptors (Lipinski definition) is 6. The van der Waals surface area contributed by atoms with Crippen molar-refractivity contribution in [3.05, 3.63) is 40.8 Å². The van der Waals surface area contributed by atoms with E-state index in [0.717, 1.165) is 50.3 Å². The maximum absolute atomic E-state index is 12.5. The van der Waals surface area contributed by atoms with Crippen LogP contribution >= 0.6 is 11.3 Å². The van der Waals surface area contributed by atoms with Crippen molar-refractivity contribution in [3.8, 4) is 0 Å². The number of thiophene rings is 1. The minimum absolute atomic E-state index is 0.128. The van der Waals surface area contributed by atoms with Gasteiger partial charge in [-0.15, -0.1) is 11.3 Å². The number of piperidine rings is 1. The van der Waals surface area contributed by atoms with Gasteiger partial charge in [0.25, 0.3) is 5.91 Å². The normalized spacial score (nSPS) is 22.7. The zero-order chi connectivity index (χ0) is 17.1. The quantitative estimate of drug-likeness (QED) is 0.914. The van der Waals surface area contributed by atoms with Crippen LogP contribution in [0.4, 0.5) is 5.95 Å². The Morgan fingerprint density at radius 2 is 2.08 bits per heavy atom. The molecule has 2 fully saturated rings. The van der Waals surface area contributed by atoms with Gasteiger partial charge in [0.15, 0.2) is 0 Å². The molecule has 0 bridgehead atoms. The van der Waals surface area contributed by atoms with Gasteiger partial charge in [-0.3, -0.25) is 4.79 Å². The highest BCUT2D eigenvalue weighted by Gasteiger charge is 2.41.